The molecule has 1 aliphatic rings. The van der Waals surface area contributed by atoms with Gasteiger partial charge >= 0.3 is 11.7 Å². The van der Waals surface area contributed by atoms with Gasteiger partial charge in [0.25, 0.3) is 10.1 Å². The molecule has 146 valence electrons. The molecule has 0 aromatic carbocycles. The van der Waals surface area contributed by atoms with E-state index in [-0.39, 0.29) is 12.2 Å². The van der Waals surface area contributed by atoms with Crippen LogP contribution in [0.15, 0.2) is 11.0 Å². The SMILES string of the molecule is CCOC(=O)c1cn([C@]2(OS(C)(=O)=O)[C@@H](O)CO[C@@H]2CO)c(=O)nc1N. The number of nitrogens with zero attached hydrogens (tertiary/aromatic N) is 2. The topological polar surface area (TPSA) is 180 Å². The second-order valence-electron chi connectivity index (χ2n) is 5.47. The molecule has 1 saturated heterocycles. The highest BCUT2D eigenvalue weighted by molar-refractivity contribution is 7.86. The van der Waals surface area contributed by atoms with E-state index in [9.17, 15) is 28.2 Å². The monoisotopic (exact) mass is 393 g/mol. The van der Waals surface area contributed by atoms with Crippen molar-refractivity contribution in [2.45, 2.75) is 24.9 Å². The van der Waals surface area contributed by atoms with Gasteiger partial charge in [-0.2, -0.15) is 13.4 Å². The van der Waals surface area contributed by atoms with Gasteiger partial charge in [0.2, 0.25) is 5.72 Å². The van der Waals surface area contributed by atoms with Crippen LogP contribution in [0, 0.1) is 0 Å². The van der Waals surface area contributed by atoms with Gasteiger partial charge in [-0.25, -0.2) is 13.8 Å². The van der Waals surface area contributed by atoms with Gasteiger partial charge in [0.15, 0.2) is 0 Å². The Morgan fingerprint density at radius 2 is 2.23 bits per heavy atom. The fourth-order valence-electron chi connectivity index (χ4n) is 2.64. The van der Waals surface area contributed by atoms with Crippen molar-refractivity contribution in [2.75, 3.05) is 31.8 Å². The molecule has 1 aliphatic heterocycles. The van der Waals surface area contributed by atoms with Crippen molar-refractivity contribution >= 4 is 21.9 Å². The summed E-state index contributed by atoms with van der Waals surface area (Å²) in [4.78, 5) is 27.8. The van der Waals surface area contributed by atoms with E-state index in [1.165, 1.54) is 0 Å². The van der Waals surface area contributed by atoms with E-state index in [0.29, 0.717) is 10.8 Å². The highest BCUT2D eigenvalue weighted by Gasteiger charge is 2.57. The van der Waals surface area contributed by atoms with Gasteiger partial charge in [-0.1, -0.05) is 0 Å². The maximum Gasteiger partial charge on any atom is 0.352 e. The first-order chi connectivity index (χ1) is 12.1. The zero-order valence-electron chi connectivity index (χ0n) is 14.0. The van der Waals surface area contributed by atoms with Crippen molar-refractivity contribution in [3.63, 3.8) is 0 Å². The van der Waals surface area contributed by atoms with Crippen LogP contribution in [-0.4, -0.2) is 72.4 Å². The number of carbonyl (C=O) groups excluding carboxylic acids is 1. The Hall–Kier alpha value is -2.06. The molecule has 0 bridgehead atoms. The number of rotatable bonds is 6. The van der Waals surface area contributed by atoms with Crippen LogP contribution in [-0.2, 0) is 29.5 Å². The third-order valence-electron chi connectivity index (χ3n) is 3.67. The third kappa shape index (κ3) is 3.57. The molecular weight excluding hydrogens is 374 g/mol. The van der Waals surface area contributed by atoms with Gasteiger partial charge in [-0.15, -0.1) is 0 Å². The van der Waals surface area contributed by atoms with Gasteiger partial charge in [0.1, 0.15) is 23.6 Å². The molecular formula is C13H19N3O9S. The summed E-state index contributed by atoms with van der Waals surface area (Å²) in [5, 5.41) is 19.8. The number of hydrogen-bond donors (Lipinski definition) is 3. The first-order valence-corrected chi connectivity index (χ1v) is 9.26. The van der Waals surface area contributed by atoms with E-state index >= 15 is 0 Å². The molecule has 12 nitrogen and oxygen atoms in total. The molecule has 1 aromatic heterocycles. The van der Waals surface area contributed by atoms with Crippen LogP contribution in [0.2, 0.25) is 0 Å². The number of anilines is 1. The maximum absolute atomic E-state index is 12.4. The molecule has 1 fully saturated rings. The molecule has 0 spiro atoms. The lowest BCUT2D eigenvalue weighted by atomic mass is 10.0. The molecule has 0 aliphatic carbocycles. The van der Waals surface area contributed by atoms with Gasteiger partial charge in [0.05, 0.1) is 26.1 Å². The molecule has 13 heteroatoms. The first-order valence-electron chi connectivity index (χ1n) is 7.44. The summed E-state index contributed by atoms with van der Waals surface area (Å²) >= 11 is 0. The van der Waals surface area contributed by atoms with E-state index < -0.39 is 58.7 Å². The highest BCUT2D eigenvalue weighted by Crippen LogP contribution is 2.36. The van der Waals surface area contributed by atoms with Crippen LogP contribution >= 0.6 is 0 Å². The van der Waals surface area contributed by atoms with Crippen molar-refractivity contribution in [1.82, 2.24) is 9.55 Å². The Morgan fingerprint density at radius 3 is 2.77 bits per heavy atom. The van der Waals surface area contributed by atoms with Gasteiger partial charge in [-0.3, -0.25) is 4.57 Å². The molecule has 0 unspecified atom stereocenters. The molecule has 0 amide bonds. The summed E-state index contributed by atoms with van der Waals surface area (Å²) in [6.07, 6.45) is -1.57. The predicted molar refractivity (Wildman–Crippen MR) is 85.6 cm³/mol. The predicted octanol–water partition coefficient (Wildman–Crippen LogP) is -2.62. The van der Waals surface area contributed by atoms with E-state index in [4.69, 9.17) is 19.4 Å². The summed E-state index contributed by atoms with van der Waals surface area (Å²) in [5.41, 5.74) is 1.72. The van der Waals surface area contributed by atoms with E-state index in [0.717, 1.165) is 6.20 Å². The first kappa shape index (κ1) is 20.3. The second kappa shape index (κ2) is 7.28. The summed E-state index contributed by atoms with van der Waals surface area (Å²) < 4.78 is 39.0. The van der Waals surface area contributed by atoms with E-state index in [1.807, 2.05) is 0 Å². The number of carbonyl (C=O) groups is 1. The molecule has 2 heterocycles. The second-order valence-corrected chi connectivity index (χ2v) is 7.05. The molecule has 26 heavy (non-hydrogen) atoms. The number of aliphatic hydroxyl groups excluding tert-OH is 2. The lowest BCUT2D eigenvalue weighted by Crippen LogP contribution is -2.58. The number of aliphatic hydroxyl groups is 2. The van der Waals surface area contributed by atoms with Gasteiger partial charge in [0, 0.05) is 6.20 Å². The fourth-order valence-corrected chi connectivity index (χ4v) is 3.42. The summed E-state index contributed by atoms with van der Waals surface area (Å²) in [6, 6.07) is 0. The normalized spacial score (nSPS) is 26.0. The number of esters is 1. The molecule has 2 rings (SSSR count). The van der Waals surface area contributed by atoms with Crippen molar-refractivity contribution < 1.29 is 37.1 Å². The average molecular weight is 393 g/mol. The lowest BCUT2D eigenvalue weighted by molar-refractivity contribution is -0.128. The standard InChI is InChI=1S/C13H19N3O9S/c1-3-23-11(19)7-4-16(12(20)15-10(7)14)13(25-26(2,21)22)8(18)6-24-9(13)5-17/h4,8-9,17-18H,3,5-6H2,1-2H3,(H2,14,15,20)/t8-,9+,13-/m0/s1. The van der Waals surface area contributed by atoms with Crippen LogP contribution < -0.4 is 11.4 Å². The molecule has 1 aromatic rings. The summed E-state index contributed by atoms with van der Waals surface area (Å²) in [5.74, 6) is -1.37. The smallest absolute Gasteiger partial charge is 0.352 e. The van der Waals surface area contributed by atoms with Gasteiger partial charge in [-0.05, 0) is 6.92 Å². The number of ether oxygens (including phenoxy) is 2. The van der Waals surface area contributed by atoms with E-state index in [2.05, 4.69) is 4.98 Å². The Labute approximate surface area is 148 Å². The summed E-state index contributed by atoms with van der Waals surface area (Å²) in [7, 11) is -4.25. The van der Waals surface area contributed by atoms with Crippen molar-refractivity contribution in [3.8, 4) is 0 Å². The zero-order valence-corrected chi connectivity index (χ0v) is 14.8. The third-order valence-corrected chi connectivity index (χ3v) is 4.24. The van der Waals surface area contributed by atoms with Crippen LogP contribution in [0.5, 0.6) is 0 Å². The van der Waals surface area contributed by atoms with Crippen LogP contribution in [0.4, 0.5) is 5.82 Å². The number of nitrogens with two attached hydrogens (primary N) is 1. The Bertz CT molecular complexity index is 853. The molecule has 4 N–H and O–H groups in total. The maximum atomic E-state index is 12.4. The largest absolute Gasteiger partial charge is 0.462 e. The van der Waals surface area contributed by atoms with Crippen LogP contribution in [0.1, 0.15) is 17.3 Å². The average Bonchev–Trinajstić information content (AvgIpc) is 2.82. The molecule has 3 atom stereocenters. The Kier molecular flexibility index (Phi) is 5.67. The quantitative estimate of drug-likeness (QED) is 0.340. The van der Waals surface area contributed by atoms with Crippen LogP contribution in [0.25, 0.3) is 0 Å². The minimum Gasteiger partial charge on any atom is -0.462 e. The number of nitrogen functional groups attached to an aromatic ring is 1. The zero-order chi connectivity index (χ0) is 19.7. The van der Waals surface area contributed by atoms with Crippen LogP contribution in [0.3, 0.4) is 0 Å². The molecule has 0 saturated carbocycles. The highest BCUT2D eigenvalue weighted by atomic mass is 32.2. The number of aromatic nitrogens is 2. The lowest BCUT2D eigenvalue weighted by Gasteiger charge is -2.35. The Balaban J connectivity index is 2.75. The van der Waals surface area contributed by atoms with Crippen molar-refractivity contribution in [1.29, 1.82) is 0 Å². The van der Waals surface area contributed by atoms with Crippen molar-refractivity contribution in [3.05, 3.63) is 22.2 Å². The number of hydrogen-bond acceptors (Lipinski definition) is 11. The minimum absolute atomic E-state index is 0.00732. The van der Waals surface area contributed by atoms with Crippen molar-refractivity contribution in [2.24, 2.45) is 0 Å². The molecule has 0 radical (unpaired) electrons. The van der Waals surface area contributed by atoms with E-state index in [1.54, 1.807) is 6.92 Å². The fraction of sp³-hybridized carbons (Fsp3) is 0.615. The van der Waals surface area contributed by atoms with Gasteiger partial charge < -0.3 is 25.4 Å². The summed E-state index contributed by atoms with van der Waals surface area (Å²) in [6.45, 7) is 0.319. The minimum atomic E-state index is -4.25. The Morgan fingerprint density at radius 1 is 1.58 bits per heavy atom.